The van der Waals surface area contributed by atoms with Gasteiger partial charge in [0.1, 0.15) is 0 Å². The van der Waals surface area contributed by atoms with Gasteiger partial charge in [-0.2, -0.15) is 0 Å². The van der Waals surface area contributed by atoms with E-state index in [4.69, 9.17) is 4.74 Å². The monoisotopic (exact) mass is 445 g/mol. The van der Waals surface area contributed by atoms with Crippen LogP contribution in [0.25, 0.3) is 11.1 Å². The Balaban J connectivity index is 1.74. The fourth-order valence-corrected chi connectivity index (χ4v) is 3.81. The van der Waals surface area contributed by atoms with Crippen LogP contribution in [0.1, 0.15) is 41.3 Å². The normalized spacial score (nSPS) is 11.6. The zero-order valence-corrected chi connectivity index (χ0v) is 18.8. The summed E-state index contributed by atoms with van der Waals surface area (Å²) in [5, 5.41) is 10.9. The first-order valence-corrected chi connectivity index (χ1v) is 11.0. The molecule has 0 spiro atoms. The van der Waals surface area contributed by atoms with E-state index in [1.54, 1.807) is 25.1 Å². The van der Waals surface area contributed by atoms with Crippen molar-refractivity contribution in [3.8, 4) is 11.1 Å². The first kappa shape index (κ1) is 23.9. The van der Waals surface area contributed by atoms with Gasteiger partial charge in [-0.15, -0.1) is 0 Å². The number of ether oxygens (including phenoxy) is 1. The van der Waals surface area contributed by atoms with E-state index < -0.39 is 10.8 Å². The van der Waals surface area contributed by atoms with Crippen molar-refractivity contribution in [1.29, 1.82) is 0 Å². The number of esters is 1. The van der Waals surface area contributed by atoms with Crippen molar-refractivity contribution in [2.45, 2.75) is 33.1 Å². The van der Waals surface area contributed by atoms with E-state index in [1.165, 1.54) is 12.1 Å². The minimum absolute atomic E-state index is 0.0304. The molecule has 0 aliphatic heterocycles. The van der Waals surface area contributed by atoms with Crippen molar-refractivity contribution in [2.24, 2.45) is 5.92 Å². The average Bonchev–Trinajstić information content (AvgIpc) is 2.82. The fraction of sp³-hybridized carbons (Fsp3) is 0.259. The highest BCUT2D eigenvalue weighted by Crippen LogP contribution is 2.26. The Bertz CT molecular complexity index is 1120. The predicted molar refractivity (Wildman–Crippen MR) is 127 cm³/mol. The summed E-state index contributed by atoms with van der Waals surface area (Å²) in [5.41, 5.74) is 4.20. The predicted octanol–water partition coefficient (Wildman–Crippen LogP) is 5.96. The van der Waals surface area contributed by atoms with Crippen molar-refractivity contribution in [1.82, 2.24) is 0 Å². The molecule has 170 valence electrons. The van der Waals surface area contributed by atoms with Gasteiger partial charge in [0.2, 0.25) is 0 Å². The molecular formula is C27H27NO5. The highest BCUT2D eigenvalue weighted by Gasteiger charge is 2.24. The summed E-state index contributed by atoms with van der Waals surface area (Å²) in [6.45, 7) is 3.89. The molecule has 0 heterocycles. The number of hydrogen-bond acceptors (Lipinski definition) is 5. The third-order valence-electron chi connectivity index (χ3n) is 5.61. The van der Waals surface area contributed by atoms with Gasteiger partial charge in [-0.05, 0) is 61.1 Å². The SMILES string of the molecule is CCOC(=O)C(CCc1ccccc1)CC(=O)c1ccc(-c2ccc([N+](=O)[O-])cc2)cc1C. The third kappa shape index (κ3) is 6.35. The first-order valence-electron chi connectivity index (χ1n) is 11.0. The summed E-state index contributed by atoms with van der Waals surface area (Å²) in [7, 11) is 0. The molecule has 0 amide bonds. The van der Waals surface area contributed by atoms with Crippen LogP contribution in [0.2, 0.25) is 0 Å². The van der Waals surface area contributed by atoms with Crippen molar-refractivity contribution in [2.75, 3.05) is 6.61 Å². The molecule has 6 heteroatoms. The van der Waals surface area contributed by atoms with E-state index in [0.717, 1.165) is 22.3 Å². The second kappa shape index (κ2) is 11.2. The lowest BCUT2D eigenvalue weighted by molar-refractivity contribution is -0.384. The van der Waals surface area contributed by atoms with Crippen LogP contribution in [0, 0.1) is 23.0 Å². The van der Waals surface area contributed by atoms with Gasteiger partial charge in [-0.25, -0.2) is 0 Å². The standard InChI is InChI=1S/C27H27NO5/c1-3-33-27(30)23(10-9-20-7-5-4-6-8-20)18-26(29)25-16-13-22(17-19(25)2)21-11-14-24(15-12-21)28(31)32/h4-8,11-17,23H,3,9-10,18H2,1-2H3. The van der Waals surface area contributed by atoms with Crippen LogP contribution in [-0.2, 0) is 16.0 Å². The van der Waals surface area contributed by atoms with Gasteiger partial charge in [0.25, 0.3) is 5.69 Å². The molecule has 0 bridgehead atoms. The lowest BCUT2D eigenvalue weighted by atomic mass is 9.90. The van der Waals surface area contributed by atoms with Crippen LogP contribution in [0.15, 0.2) is 72.8 Å². The summed E-state index contributed by atoms with van der Waals surface area (Å²) < 4.78 is 5.22. The Labute approximate surface area is 193 Å². The summed E-state index contributed by atoms with van der Waals surface area (Å²) in [4.78, 5) is 36.0. The Morgan fingerprint density at radius 1 is 0.970 bits per heavy atom. The maximum absolute atomic E-state index is 13.1. The fourth-order valence-electron chi connectivity index (χ4n) is 3.81. The van der Waals surface area contributed by atoms with E-state index in [1.807, 2.05) is 49.4 Å². The van der Waals surface area contributed by atoms with Crippen molar-refractivity contribution in [3.63, 3.8) is 0 Å². The third-order valence-corrected chi connectivity index (χ3v) is 5.61. The van der Waals surface area contributed by atoms with Gasteiger partial charge in [0.05, 0.1) is 17.4 Å². The Morgan fingerprint density at radius 3 is 2.24 bits per heavy atom. The minimum Gasteiger partial charge on any atom is -0.466 e. The number of carbonyl (C=O) groups is 2. The number of non-ortho nitro benzene ring substituents is 1. The topological polar surface area (TPSA) is 86.5 Å². The van der Waals surface area contributed by atoms with Gasteiger partial charge >= 0.3 is 5.97 Å². The minimum atomic E-state index is -0.508. The zero-order chi connectivity index (χ0) is 23.8. The largest absolute Gasteiger partial charge is 0.466 e. The number of nitrogens with zero attached hydrogens (tertiary/aromatic N) is 1. The van der Waals surface area contributed by atoms with Gasteiger partial charge in [-0.3, -0.25) is 19.7 Å². The van der Waals surface area contributed by atoms with E-state index in [0.29, 0.717) is 18.4 Å². The number of nitro benzene ring substituents is 1. The molecule has 3 aromatic carbocycles. The molecule has 33 heavy (non-hydrogen) atoms. The summed E-state index contributed by atoms with van der Waals surface area (Å²) >= 11 is 0. The Hall–Kier alpha value is -3.80. The van der Waals surface area contributed by atoms with Gasteiger partial charge in [0.15, 0.2) is 5.78 Å². The zero-order valence-electron chi connectivity index (χ0n) is 18.8. The van der Waals surface area contributed by atoms with Crippen LogP contribution in [0.3, 0.4) is 0 Å². The molecule has 0 saturated heterocycles. The quantitative estimate of drug-likeness (QED) is 0.166. The molecule has 1 atom stereocenters. The molecule has 0 radical (unpaired) electrons. The highest BCUT2D eigenvalue weighted by atomic mass is 16.6. The molecule has 0 N–H and O–H groups in total. The molecule has 0 aromatic heterocycles. The second-order valence-corrected chi connectivity index (χ2v) is 7.93. The van der Waals surface area contributed by atoms with E-state index in [-0.39, 0.29) is 30.5 Å². The van der Waals surface area contributed by atoms with E-state index >= 15 is 0 Å². The average molecular weight is 446 g/mol. The van der Waals surface area contributed by atoms with Crippen molar-refractivity contribution >= 4 is 17.4 Å². The maximum Gasteiger partial charge on any atom is 0.309 e. The molecule has 0 saturated carbocycles. The molecule has 3 rings (SSSR count). The van der Waals surface area contributed by atoms with Crippen LogP contribution < -0.4 is 0 Å². The molecule has 3 aromatic rings. The molecule has 0 aliphatic carbocycles. The van der Waals surface area contributed by atoms with Crippen LogP contribution in [0.4, 0.5) is 5.69 Å². The van der Waals surface area contributed by atoms with Crippen LogP contribution in [-0.4, -0.2) is 23.3 Å². The number of rotatable bonds is 10. The van der Waals surface area contributed by atoms with Gasteiger partial charge in [0, 0.05) is 24.1 Å². The van der Waals surface area contributed by atoms with Gasteiger partial charge in [-0.1, -0.05) is 48.5 Å². The summed E-state index contributed by atoms with van der Waals surface area (Å²) in [6, 6.07) is 21.6. The second-order valence-electron chi connectivity index (χ2n) is 7.93. The van der Waals surface area contributed by atoms with Crippen LogP contribution >= 0.6 is 0 Å². The first-order chi connectivity index (χ1) is 15.9. The number of benzene rings is 3. The van der Waals surface area contributed by atoms with Crippen molar-refractivity contribution < 1.29 is 19.2 Å². The van der Waals surface area contributed by atoms with Crippen LogP contribution in [0.5, 0.6) is 0 Å². The lowest BCUT2D eigenvalue weighted by Gasteiger charge is -2.16. The molecule has 1 unspecified atom stereocenters. The van der Waals surface area contributed by atoms with Crippen molar-refractivity contribution in [3.05, 3.63) is 99.6 Å². The number of aryl methyl sites for hydroxylation is 2. The Morgan fingerprint density at radius 2 is 1.64 bits per heavy atom. The molecule has 0 aliphatic rings. The smallest absolute Gasteiger partial charge is 0.309 e. The number of ketones is 1. The van der Waals surface area contributed by atoms with E-state index in [9.17, 15) is 19.7 Å². The summed E-state index contributed by atoms with van der Waals surface area (Å²) in [6.07, 6.45) is 1.31. The Kier molecular flexibility index (Phi) is 8.08. The number of nitro groups is 1. The highest BCUT2D eigenvalue weighted by molar-refractivity contribution is 5.99. The molecule has 0 fully saturated rings. The number of carbonyl (C=O) groups excluding carboxylic acids is 2. The number of hydrogen-bond donors (Lipinski definition) is 0. The molecular weight excluding hydrogens is 418 g/mol. The number of Topliss-reactive ketones (excluding diaryl/α,β-unsaturated/α-hetero) is 1. The van der Waals surface area contributed by atoms with Gasteiger partial charge < -0.3 is 4.74 Å². The summed E-state index contributed by atoms with van der Waals surface area (Å²) in [5.74, 6) is -0.956. The van der Waals surface area contributed by atoms with E-state index in [2.05, 4.69) is 0 Å². The molecule has 6 nitrogen and oxygen atoms in total. The maximum atomic E-state index is 13.1. The lowest BCUT2D eigenvalue weighted by Crippen LogP contribution is -2.22.